The first-order valence-electron chi connectivity index (χ1n) is 6.97. The second kappa shape index (κ2) is 6.22. The Morgan fingerprint density at radius 1 is 1.55 bits per heavy atom. The number of carbonyl (C=O) groups is 1. The van der Waals surface area contributed by atoms with Crippen LogP contribution < -0.4 is 4.74 Å². The number of aromatic nitrogens is 1. The molecule has 0 spiro atoms. The molecule has 1 aliphatic rings. The second-order valence-corrected chi connectivity index (χ2v) is 5.40. The van der Waals surface area contributed by atoms with Gasteiger partial charge < -0.3 is 14.4 Å². The third-order valence-corrected chi connectivity index (χ3v) is 3.42. The molecule has 0 radical (unpaired) electrons. The second-order valence-electron chi connectivity index (χ2n) is 5.40. The van der Waals surface area contributed by atoms with E-state index in [1.807, 2.05) is 6.92 Å². The van der Waals surface area contributed by atoms with E-state index in [2.05, 4.69) is 18.8 Å². The molecule has 0 saturated carbocycles. The number of hydrogen-bond donors (Lipinski definition) is 0. The average molecular weight is 278 g/mol. The minimum Gasteiger partial charge on any atom is -0.495 e. The molecule has 0 aliphatic carbocycles. The number of amides is 1. The van der Waals surface area contributed by atoms with Gasteiger partial charge in [-0.25, -0.2) is 0 Å². The molecule has 1 aromatic rings. The van der Waals surface area contributed by atoms with Crippen molar-refractivity contribution in [2.24, 2.45) is 0 Å². The standard InChI is InChI=1S/C15H22N2O3/c1-10(2)14-13(19-4)7-12(8-16-14)15(18)17-5-6-20-11(3)9-17/h7-8,10-11H,5-6,9H2,1-4H3. The monoisotopic (exact) mass is 278 g/mol. The quantitative estimate of drug-likeness (QED) is 0.849. The van der Waals surface area contributed by atoms with Gasteiger partial charge in [0.15, 0.2) is 0 Å². The van der Waals surface area contributed by atoms with Crippen LogP contribution in [-0.4, -0.2) is 48.7 Å². The van der Waals surface area contributed by atoms with Gasteiger partial charge in [0.05, 0.1) is 31.1 Å². The van der Waals surface area contributed by atoms with Crippen molar-refractivity contribution in [3.05, 3.63) is 23.5 Å². The number of rotatable bonds is 3. The zero-order valence-electron chi connectivity index (χ0n) is 12.5. The molecule has 0 N–H and O–H groups in total. The van der Waals surface area contributed by atoms with E-state index in [0.29, 0.717) is 31.0 Å². The number of carbonyl (C=O) groups excluding carboxylic acids is 1. The van der Waals surface area contributed by atoms with Crippen LogP contribution in [-0.2, 0) is 4.74 Å². The first kappa shape index (κ1) is 14.8. The molecule has 2 rings (SSSR count). The van der Waals surface area contributed by atoms with Crippen LogP contribution in [0.25, 0.3) is 0 Å². The topological polar surface area (TPSA) is 51.7 Å². The van der Waals surface area contributed by atoms with Gasteiger partial charge in [0.2, 0.25) is 0 Å². The third-order valence-electron chi connectivity index (χ3n) is 3.42. The molecule has 1 saturated heterocycles. The van der Waals surface area contributed by atoms with Crippen LogP contribution in [0.4, 0.5) is 0 Å². The number of morpholine rings is 1. The van der Waals surface area contributed by atoms with Crippen molar-refractivity contribution in [1.82, 2.24) is 9.88 Å². The van der Waals surface area contributed by atoms with Crippen LogP contribution in [0.2, 0.25) is 0 Å². The summed E-state index contributed by atoms with van der Waals surface area (Å²) in [5.41, 5.74) is 1.44. The number of methoxy groups -OCH3 is 1. The molecule has 1 aliphatic heterocycles. The van der Waals surface area contributed by atoms with Gasteiger partial charge in [0.25, 0.3) is 5.91 Å². The highest BCUT2D eigenvalue weighted by molar-refractivity contribution is 5.94. The van der Waals surface area contributed by atoms with Crippen molar-refractivity contribution in [1.29, 1.82) is 0 Å². The van der Waals surface area contributed by atoms with Crippen molar-refractivity contribution < 1.29 is 14.3 Å². The fourth-order valence-corrected chi connectivity index (χ4v) is 2.35. The van der Waals surface area contributed by atoms with Crippen LogP contribution in [0, 0.1) is 0 Å². The zero-order chi connectivity index (χ0) is 14.7. The van der Waals surface area contributed by atoms with Gasteiger partial charge in [0, 0.05) is 19.3 Å². The Kier molecular flexibility index (Phi) is 4.60. The molecule has 1 amide bonds. The molecule has 1 atom stereocenters. The van der Waals surface area contributed by atoms with Crippen LogP contribution in [0.15, 0.2) is 12.3 Å². The Hall–Kier alpha value is -1.62. The lowest BCUT2D eigenvalue weighted by Gasteiger charge is -2.31. The summed E-state index contributed by atoms with van der Waals surface area (Å²) >= 11 is 0. The van der Waals surface area contributed by atoms with Crippen LogP contribution in [0.3, 0.4) is 0 Å². The molecule has 1 unspecified atom stereocenters. The highest BCUT2D eigenvalue weighted by Gasteiger charge is 2.23. The van der Waals surface area contributed by atoms with Crippen molar-refractivity contribution >= 4 is 5.91 Å². The summed E-state index contributed by atoms with van der Waals surface area (Å²) in [7, 11) is 1.61. The molecule has 0 bridgehead atoms. The van der Waals surface area contributed by atoms with Crippen molar-refractivity contribution in [3.8, 4) is 5.75 Å². The third kappa shape index (κ3) is 3.10. The predicted molar refractivity (Wildman–Crippen MR) is 76.2 cm³/mol. The van der Waals surface area contributed by atoms with Gasteiger partial charge in [-0.05, 0) is 18.9 Å². The first-order valence-corrected chi connectivity index (χ1v) is 6.97. The Bertz CT molecular complexity index is 488. The lowest BCUT2D eigenvalue weighted by molar-refractivity contribution is -0.0124. The van der Waals surface area contributed by atoms with Gasteiger partial charge in [-0.15, -0.1) is 0 Å². The summed E-state index contributed by atoms with van der Waals surface area (Å²) in [4.78, 5) is 18.7. The fourth-order valence-electron chi connectivity index (χ4n) is 2.35. The van der Waals surface area contributed by atoms with Gasteiger partial charge in [0.1, 0.15) is 5.75 Å². The highest BCUT2D eigenvalue weighted by atomic mass is 16.5. The minimum atomic E-state index is -0.0127. The predicted octanol–water partition coefficient (Wildman–Crippen LogP) is 2.07. The van der Waals surface area contributed by atoms with E-state index in [9.17, 15) is 4.79 Å². The maximum Gasteiger partial charge on any atom is 0.255 e. The van der Waals surface area contributed by atoms with E-state index in [4.69, 9.17) is 9.47 Å². The lowest BCUT2D eigenvalue weighted by Crippen LogP contribution is -2.44. The summed E-state index contributed by atoms with van der Waals surface area (Å²) in [5, 5.41) is 0. The molecular formula is C15H22N2O3. The lowest BCUT2D eigenvalue weighted by atomic mass is 10.1. The SMILES string of the molecule is COc1cc(C(=O)N2CCOC(C)C2)cnc1C(C)C. The summed E-state index contributed by atoms with van der Waals surface area (Å²) in [6, 6.07) is 1.78. The Labute approximate surface area is 119 Å². The molecule has 5 nitrogen and oxygen atoms in total. The van der Waals surface area contributed by atoms with Crippen LogP contribution >= 0.6 is 0 Å². The summed E-state index contributed by atoms with van der Waals surface area (Å²) < 4.78 is 10.8. The van der Waals surface area contributed by atoms with Crippen molar-refractivity contribution in [2.75, 3.05) is 26.8 Å². The van der Waals surface area contributed by atoms with Gasteiger partial charge in [-0.2, -0.15) is 0 Å². The van der Waals surface area contributed by atoms with Crippen LogP contribution in [0.1, 0.15) is 42.7 Å². The van der Waals surface area contributed by atoms with E-state index >= 15 is 0 Å². The summed E-state index contributed by atoms with van der Waals surface area (Å²) in [6.45, 7) is 7.90. The molecule has 1 fully saturated rings. The maximum atomic E-state index is 12.5. The minimum absolute atomic E-state index is 0.0127. The Morgan fingerprint density at radius 2 is 2.30 bits per heavy atom. The van der Waals surface area contributed by atoms with E-state index < -0.39 is 0 Å². The van der Waals surface area contributed by atoms with Gasteiger partial charge in [-0.1, -0.05) is 13.8 Å². The normalized spacial score (nSPS) is 19.2. The van der Waals surface area contributed by atoms with Crippen molar-refractivity contribution in [2.45, 2.75) is 32.8 Å². The van der Waals surface area contributed by atoms with E-state index in [-0.39, 0.29) is 17.9 Å². The summed E-state index contributed by atoms with van der Waals surface area (Å²) in [5.74, 6) is 0.922. The average Bonchev–Trinajstić information content (AvgIpc) is 2.45. The highest BCUT2D eigenvalue weighted by Crippen LogP contribution is 2.25. The number of pyridine rings is 1. The molecule has 2 heterocycles. The molecule has 1 aromatic heterocycles. The molecule has 5 heteroatoms. The number of ether oxygens (including phenoxy) is 2. The fraction of sp³-hybridized carbons (Fsp3) is 0.600. The maximum absolute atomic E-state index is 12.5. The van der Waals surface area contributed by atoms with Gasteiger partial charge in [-0.3, -0.25) is 9.78 Å². The molecular weight excluding hydrogens is 256 g/mol. The Balaban J connectivity index is 2.22. The number of hydrogen-bond acceptors (Lipinski definition) is 4. The van der Waals surface area contributed by atoms with E-state index in [0.717, 1.165) is 5.69 Å². The largest absolute Gasteiger partial charge is 0.495 e. The number of nitrogens with zero attached hydrogens (tertiary/aromatic N) is 2. The van der Waals surface area contributed by atoms with Gasteiger partial charge >= 0.3 is 0 Å². The van der Waals surface area contributed by atoms with E-state index in [1.54, 1.807) is 24.3 Å². The molecule has 0 aromatic carbocycles. The van der Waals surface area contributed by atoms with E-state index in [1.165, 1.54) is 0 Å². The zero-order valence-corrected chi connectivity index (χ0v) is 12.5. The smallest absolute Gasteiger partial charge is 0.255 e. The van der Waals surface area contributed by atoms with Crippen molar-refractivity contribution in [3.63, 3.8) is 0 Å². The summed E-state index contributed by atoms with van der Waals surface area (Å²) in [6.07, 6.45) is 1.72. The molecule has 110 valence electrons. The van der Waals surface area contributed by atoms with Crippen LogP contribution in [0.5, 0.6) is 5.75 Å². The first-order chi connectivity index (χ1) is 9.52. The Morgan fingerprint density at radius 3 is 2.90 bits per heavy atom. The molecule has 20 heavy (non-hydrogen) atoms.